The van der Waals surface area contributed by atoms with Crippen molar-refractivity contribution in [2.45, 2.75) is 25.2 Å². The number of carbonyl (C=O) groups excluding carboxylic acids is 1. The summed E-state index contributed by atoms with van der Waals surface area (Å²) >= 11 is 0. The zero-order valence-electron chi connectivity index (χ0n) is 22.2. The van der Waals surface area contributed by atoms with E-state index >= 15 is 0 Å². The molecule has 1 aromatic heterocycles. The van der Waals surface area contributed by atoms with Gasteiger partial charge in [-0.2, -0.15) is 4.31 Å². The van der Waals surface area contributed by atoms with E-state index in [1.165, 1.54) is 4.31 Å². The van der Waals surface area contributed by atoms with Crippen LogP contribution in [0.25, 0.3) is 0 Å². The lowest BCUT2D eigenvalue weighted by atomic mass is 10.1. The predicted octanol–water partition coefficient (Wildman–Crippen LogP) is 3.20. The fraction of sp³-hybridized carbons (Fsp3) is 0.357. The first-order valence-corrected chi connectivity index (χ1v) is 13.9. The molecule has 38 heavy (non-hydrogen) atoms. The fourth-order valence-corrected chi connectivity index (χ4v) is 6.26. The molecule has 1 aliphatic rings. The van der Waals surface area contributed by atoms with Gasteiger partial charge in [-0.25, -0.2) is 13.4 Å². The molecule has 2 aromatic carbocycles. The van der Waals surface area contributed by atoms with E-state index in [9.17, 15) is 13.2 Å². The number of rotatable bonds is 9. The summed E-state index contributed by atoms with van der Waals surface area (Å²) in [5.74, 6) is 1.63. The van der Waals surface area contributed by atoms with Crippen molar-refractivity contribution >= 4 is 21.7 Å². The van der Waals surface area contributed by atoms with E-state index in [0.717, 1.165) is 16.7 Å². The van der Waals surface area contributed by atoms with E-state index in [-0.39, 0.29) is 5.91 Å². The molecule has 10 heteroatoms. The number of ether oxygens (including phenoxy) is 2. The summed E-state index contributed by atoms with van der Waals surface area (Å²) in [5, 5.41) is 2.97. The lowest BCUT2D eigenvalue weighted by molar-refractivity contribution is 0.0954. The van der Waals surface area contributed by atoms with Crippen LogP contribution in [0.1, 0.15) is 27.0 Å². The maximum absolute atomic E-state index is 13.2. The van der Waals surface area contributed by atoms with Gasteiger partial charge < -0.3 is 19.7 Å². The maximum Gasteiger partial charge on any atom is 0.255 e. The average Bonchev–Trinajstić information content (AvgIpc) is 2.92. The normalized spacial score (nSPS) is 14.3. The molecule has 0 saturated carbocycles. The third kappa shape index (κ3) is 6.08. The van der Waals surface area contributed by atoms with Gasteiger partial charge in [-0.15, -0.1) is 0 Å². The van der Waals surface area contributed by atoms with Gasteiger partial charge in [0.15, 0.2) is 11.5 Å². The maximum atomic E-state index is 13.2. The second-order valence-electron chi connectivity index (χ2n) is 9.28. The molecule has 4 rings (SSSR count). The van der Waals surface area contributed by atoms with Gasteiger partial charge in [-0.05, 0) is 73.4 Å². The Morgan fingerprint density at radius 3 is 2.29 bits per heavy atom. The molecule has 0 aliphatic carbocycles. The number of piperazine rings is 1. The first-order chi connectivity index (χ1) is 18.2. The van der Waals surface area contributed by atoms with Gasteiger partial charge in [-0.3, -0.25) is 4.79 Å². The summed E-state index contributed by atoms with van der Waals surface area (Å²) in [6.07, 6.45) is 2.27. The zero-order valence-corrected chi connectivity index (χ0v) is 23.0. The molecule has 3 aromatic rings. The molecular weight excluding hydrogens is 504 g/mol. The number of aromatic nitrogens is 1. The summed E-state index contributed by atoms with van der Waals surface area (Å²) in [5.41, 5.74) is 3.30. The Kier molecular flexibility index (Phi) is 8.53. The van der Waals surface area contributed by atoms with Crippen LogP contribution in [0.3, 0.4) is 0 Å². The number of hydrogen-bond acceptors (Lipinski definition) is 7. The van der Waals surface area contributed by atoms with E-state index in [0.29, 0.717) is 66.9 Å². The average molecular weight is 539 g/mol. The molecule has 202 valence electrons. The summed E-state index contributed by atoms with van der Waals surface area (Å²) in [6, 6.07) is 14.5. The van der Waals surface area contributed by atoms with Crippen LogP contribution in [0, 0.1) is 13.8 Å². The van der Waals surface area contributed by atoms with Crippen LogP contribution >= 0.6 is 0 Å². The lowest BCUT2D eigenvalue weighted by Gasteiger charge is -2.35. The van der Waals surface area contributed by atoms with Gasteiger partial charge in [0.05, 0.1) is 24.7 Å². The lowest BCUT2D eigenvalue weighted by Crippen LogP contribution is -2.49. The minimum atomic E-state index is -3.60. The van der Waals surface area contributed by atoms with E-state index < -0.39 is 10.0 Å². The Morgan fingerprint density at radius 1 is 0.947 bits per heavy atom. The number of hydrogen-bond donors (Lipinski definition) is 1. The van der Waals surface area contributed by atoms with Crippen LogP contribution in [-0.2, 0) is 16.4 Å². The highest BCUT2D eigenvalue weighted by Crippen LogP contribution is 2.28. The van der Waals surface area contributed by atoms with E-state index in [2.05, 4.69) is 10.3 Å². The number of pyridine rings is 1. The van der Waals surface area contributed by atoms with Crippen molar-refractivity contribution < 1.29 is 22.7 Å². The number of amides is 1. The Labute approximate surface area is 224 Å². The number of aryl methyl sites for hydroxylation is 2. The molecule has 1 fully saturated rings. The summed E-state index contributed by atoms with van der Waals surface area (Å²) in [6.45, 7) is 5.72. The summed E-state index contributed by atoms with van der Waals surface area (Å²) < 4.78 is 38.6. The highest BCUT2D eigenvalue weighted by atomic mass is 32.2. The minimum absolute atomic E-state index is 0.223. The molecule has 1 aliphatic heterocycles. The van der Waals surface area contributed by atoms with E-state index in [4.69, 9.17) is 9.47 Å². The molecule has 0 spiro atoms. The molecule has 1 saturated heterocycles. The third-order valence-electron chi connectivity index (χ3n) is 6.55. The van der Waals surface area contributed by atoms with Crippen LogP contribution in [-0.4, -0.2) is 70.6 Å². The third-order valence-corrected chi connectivity index (χ3v) is 8.43. The van der Waals surface area contributed by atoms with Gasteiger partial charge in [0.25, 0.3) is 5.91 Å². The minimum Gasteiger partial charge on any atom is -0.493 e. The largest absolute Gasteiger partial charge is 0.493 e. The van der Waals surface area contributed by atoms with Crippen molar-refractivity contribution in [1.82, 2.24) is 14.6 Å². The highest BCUT2D eigenvalue weighted by Gasteiger charge is 2.30. The van der Waals surface area contributed by atoms with Crippen molar-refractivity contribution in [2.75, 3.05) is 51.8 Å². The van der Waals surface area contributed by atoms with Crippen molar-refractivity contribution in [2.24, 2.45) is 0 Å². The van der Waals surface area contributed by atoms with Gasteiger partial charge in [-0.1, -0.05) is 12.1 Å². The fourth-order valence-electron chi connectivity index (χ4n) is 4.65. The SMILES string of the molecule is COc1ccc(CCNC(=O)c2cccnc2N2CCN(S(=O)(=O)c3cc(C)cc(C)c3)CC2)cc1OC. The number of nitrogens with one attached hydrogen (secondary N) is 1. The smallest absolute Gasteiger partial charge is 0.255 e. The zero-order chi connectivity index (χ0) is 27.3. The van der Waals surface area contributed by atoms with Crippen LogP contribution in [0.2, 0.25) is 0 Å². The van der Waals surface area contributed by atoms with Gasteiger partial charge in [0, 0.05) is 38.9 Å². The standard InChI is InChI=1S/C28H34N4O5S/c1-20-16-21(2)18-23(17-20)38(34,35)32-14-12-31(13-15-32)27-24(6-5-10-29-27)28(33)30-11-9-22-7-8-25(36-3)26(19-22)37-4/h5-8,10,16-19H,9,11-15H2,1-4H3,(H,30,33). The Hall–Kier alpha value is -3.63. The predicted molar refractivity (Wildman–Crippen MR) is 147 cm³/mol. The quantitative estimate of drug-likeness (QED) is 0.447. The number of anilines is 1. The van der Waals surface area contributed by atoms with Crippen LogP contribution in [0.15, 0.2) is 59.6 Å². The second-order valence-corrected chi connectivity index (χ2v) is 11.2. The van der Waals surface area contributed by atoms with Crippen molar-refractivity contribution in [3.63, 3.8) is 0 Å². The number of sulfonamides is 1. The molecule has 0 bridgehead atoms. The van der Waals surface area contributed by atoms with Crippen LogP contribution < -0.4 is 19.7 Å². The van der Waals surface area contributed by atoms with Crippen LogP contribution in [0.4, 0.5) is 5.82 Å². The van der Waals surface area contributed by atoms with Gasteiger partial charge in [0.2, 0.25) is 10.0 Å². The summed E-state index contributed by atoms with van der Waals surface area (Å²) in [4.78, 5) is 19.8. The number of carbonyl (C=O) groups is 1. The monoisotopic (exact) mass is 538 g/mol. The Morgan fingerprint density at radius 2 is 1.63 bits per heavy atom. The summed E-state index contributed by atoms with van der Waals surface area (Å²) in [7, 11) is -0.417. The van der Waals surface area contributed by atoms with Gasteiger partial charge >= 0.3 is 0 Å². The number of nitrogens with zero attached hydrogens (tertiary/aromatic N) is 3. The number of methoxy groups -OCH3 is 2. The van der Waals surface area contributed by atoms with Crippen molar-refractivity contribution in [3.8, 4) is 11.5 Å². The van der Waals surface area contributed by atoms with Crippen LogP contribution in [0.5, 0.6) is 11.5 Å². The second kappa shape index (κ2) is 11.8. The highest BCUT2D eigenvalue weighted by molar-refractivity contribution is 7.89. The molecule has 9 nitrogen and oxygen atoms in total. The Bertz CT molecular complexity index is 1380. The number of benzene rings is 2. The molecule has 2 heterocycles. The molecule has 0 atom stereocenters. The molecule has 0 unspecified atom stereocenters. The first kappa shape index (κ1) is 27.4. The first-order valence-electron chi connectivity index (χ1n) is 12.5. The van der Waals surface area contributed by atoms with Crippen molar-refractivity contribution in [3.05, 3.63) is 77.0 Å². The van der Waals surface area contributed by atoms with E-state index in [1.54, 1.807) is 44.7 Å². The molecular formula is C28H34N4O5S. The van der Waals surface area contributed by atoms with E-state index in [1.807, 2.05) is 43.0 Å². The Balaban J connectivity index is 1.39. The topological polar surface area (TPSA) is 101 Å². The molecule has 0 radical (unpaired) electrons. The van der Waals surface area contributed by atoms with Crippen molar-refractivity contribution in [1.29, 1.82) is 0 Å². The molecule has 1 amide bonds. The molecule has 1 N–H and O–H groups in total. The van der Waals surface area contributed by atoms with Gasteiger partial charge in [0.1, 0.15) is 5.82 Å².